The highest BCUT2D eigenvalue weighted by Crippen LogP contribution is 2.31. The molecule has 1 aromatic heterocycles. The maximum absolute atomic E-state index is 12.9. The second-order valence-corrected chi connectivity index (χ2v) is 6.43. The van der Waals surface area contributed by atoms with Crippen molar-refractivity contribution >= 4 is 5.91 Å². The van der Waals surface area contributed by atoms with E-state index < -0.39 is 0 Å². The topological polar surface area (TPSA) is 61.0 Å². The monoisotopic (exact) mass is 274 g/mol. The van der Waals surface area contributed by atoms with Gasteiger partial charge in [-0.15, -0.1) is 0 Å². The van der Waals surface area contributed by atoms with Crippen LogP contribution in [0.15, 0.2) is 0 Å². The third kappa shape index (κ3) is 2.14. The third-order valence-corrected chi connectivity index (χ3v) is 4.87. The van der Waals surface area contributed by atoms with Gasteiger partial charge in [-0.1, -0.05) is 0 Å². The van der Waals surface area contributed by atoms with E-state index in [0.29, 0.717) is 17.7 Å². The quantitative estimate of drug-likeness (QED) is 0.864. The Bertz CT molecular complexity index is 514. The molecule has 2 heterocycles. The van der Waals surface area contributed by atoms with E-state index >= 15 is 0 Å². The molecule has 0 spiro atoms. The smallest absolute Gasteiger partial charge is 0.274 e. The number of H-pyrrole nitrogens is 1. The van der Waals surface area contributed by atoms with Crippen LogP contribution in [0.4, 0.5) is 0 Å². The number of carbonyl (C=O) groups excluding carboxylic acids is 1. The highest BCUT2D eigenvalue weighted by atomic mass is 16.2. The van der Waals surface area contributed by atoms with Crippen LogP contribution in [-0.4, -0.2) is 46.7 Å². The van der Waals surface area contributed by atoms with E-state index in [1.807, 2.05) is 0 Å². The standard InChI is InChI=1S/C15H22N4O/c20-15(14-12-2-1-3-13(12)17-18-14)19(11-4-5-11)9-10-6-7-16-8-10/h10-11,16H,1-9H2,(H,17,18)/t10-/m0/s1. The minimum atomic E-state index is 0.166. The maximum atomic E-state index is 12.9. The number of carbonyl (C=O) groups is 1. The van der Waals surface area contributed by atoms with E-state index in [1.165, 1.54) is 30.5 Å². The van der Waals surface area contributed by atoms with Gasteiger partial charge in [0.05, 0.1) is 0 Å². The zero-order valence-corrected chi connectivity index (χ0v) is 11.8. The van der Waals surface area contributed by atoms with Crippen LogP contribution in [0, 0.1) is 5.92 Å². The summed E-state index contributed by atoms with van der Waals surface area (Å²) in [6.45, 7) is 3.04. The van der Waals surface area contributed by atoms with Crippen LogP contribution in [-0.2, 0) is 12.8 Å². The fraction of sp³-hybridized carbons (Fsp3) is 0.733. The van der Waals surface area contributed by atoms with Crippen molar-refractivity contribution in [3.05, 3.63) is 17.0 Å². The van der Waals surface area contributed by atoms with Crippen molar-refractivity contribution in [3.8, 4) is 0 Å². The normalized spacial score (nSPS) is 24.9. The molecule has 108 valence electrons. The van der Waals surface area contributed by atoms with E-state index in [4.69, 9.17) is 0 Å². The van der Waals surface area contributed by atoms with Crippen molar-refractivity contribution in [2.75, 3.05) is 19.6 Å². The Labute approximate surface area is 119 Å². The summed E-state index contributed by atoms with van der Waals surface area (Å²) >= 11 is 0. The Morgan fingerprint density at radius 3 is 2.95 bits per heavy atom. The summed E-state index contributed by atoms with van der Waals surface area (Å²) in [6.07, 6.45) is 6.73. The number of aromatic nitrogens is 2. The fourth-order valence-corrected chi connectivity index (χ4v) is 3.56. The van der Waals surface area contributed by atoms with Crippen LogP contribution < -0.4 is 5.32 Å². The highest BCUT2D eigenvalue weighted by Gasteiger charge is 2.37. The molecule has 0 radical (unpaired) electrons. The fourth-order valence-electron chi connectivity index (χ4n) is 3.56. The average Bonchev–Trinajstić information content (AvgIpc) is 2.88. The molecule has 0 aromatic carbocycles. The Morgan fingerprint density at radius 1 is 1.30 bits per heavy atom. The summed E-state index contributed by atoms with van der Waals surface area (Å²) < 4.78 is 0. The van der Waals surface area contributed by atoms with Gasteiger partial charge in [0.1, 0.15) is 0 Å². The summed E-state index contributed by atoms with van der Waals surface area (Å²) in [5.41, 5.74) is 3.08. The maximum Gasteiger partial charge on any atom is 0.274 e. The van der Waals surface area contributed by atoms with E-state index in [9.17, 15) is 4.79 Å². The number of rotatable bonds is 4. The molecule has 5 nitrogen and oxygen atoms in total. The lowest BCUT2D eigenvalue weighted by molar-refractivity contribution is 0.0711. The molecule has 1 aliphatic heterocycles. The van der Waals surface area contributed by atoms with Gasteiger partial charge in [-0.25, -0.2) is 0 Å². The van der Waals surface area contributed by atoms with Gasteiger partial charge < -0.3 is 10.2 Å². The number of amides is 1. The molecule has 4 rings (SSSR count). The van der Waals surface area contributed by atoms with Crippen molar-refractivity contribution in [1.29, 1.82) is 0 Å². The average molecular weight is 274 g/mol. The van der Waals surface area contributed by atoms with Gasteiger partial charge >= 0.3 is 0 Å². The number of fused-ring (bicyclic) bond motifs is 1. The molecule has 1 aromatic rings. The Morgan fingerprint density at radius 2 is 2.20 bits per heavy atom. The number of aryl methyl sites for hydroxylation is 1. The van der Waals surface area contributed by atoms with Crippen LogP contribution in [0.5, 0.6) is 0 Å². The molecule has 2 fully saturated rings. The SMILES string of the molecule is O=C(c1n[nH]c2c1CCC2)N(C[C@H]1CCNC1)C1CC1. The number of hydrogen-bond acceptors (Lipinski definition) is 3. The van der Waals surface area contributed by atoms with Gasteiger partial charge in [-0.2, -0.15) is 5.10 Å². The lowest BCUT2D eigenvalue weighted by Gasteiger charge is -2.25. The van der Waals surface area contributed by atoms with E-state index in [-0.39, 0.29) is 5.91 Å². The minimum absolute atomic E-state index is 0.166. The first-order valence-electron chi connectivity index (χ1n) is 7.90. The zero-order valence-electron chi connectivity index (χ0n) is 11.8. The summed E-state index contributed by atoms with van der Waals surface area (Å²) in [4.78, 5) is 15.0. The van der Waals surface area contributed by atoms with Crippen molar-refractivity contribution in [2.45, 2.75) is 44.6 Å². The van der Waals surface area contributed by atoms with Crippen LogP contribution in [0.25, 0.3) is 0 Å². The molecule has 1 atom stereocenters. The number of nitrogens with zero attached hydrogens (tertiary/aromatic N) is 2. The van der Waals surface area contributed by atoms with Gasteiger partial charge in [-0.05, 0) is 57.5 Å². The van der Waals surface area contributed by atoms with Gasteiger partial charge in [0.15, 0.2) is 5.69 Å². The number of aromatic amines is 1. The molecule has 1 amide bonds. The second kappa shape index (κ2) is 4.88. The molecule has 3 aliphatic rings. The minimum Gasteiger partial charge on any atom is -0.334 e. The van der Waals surface area contributed by atoms with E-state index in [0.717, 1.165) is 38.9 Å². The predicted octanol–water partition coefficient (Wildman–Crippen LogP) is 1.11. The number of hydrogen-bond donors (Lipinski definition) is 2. The zero-order chi connectivity index (χ0) is 13.5. The molecule has 1 saturated heterocycles. The third-order valence-electron chi connectivity index (χ3n) is 4.87. The molecule has 5 heteroatoms. The van der Waals surface area contributed by atoms with Crippen LogP contribution in [0.2, 0.25) is 0 Å². The van der Waals surface area contributed by atoms with Crippen molar-refractivity contribution in [3.63, 3.8) is 0 Å². The molecule has 20 heavy (non-hydrogen) atoms. The lowest BCUT2D eigenvalue weighted by atomic mass is 10.1. The summed E-state index contributed by atoms with van der Waals surface area (Å²) in [5.74, 6) is 0.783. The summed E-state index contributed by atoms with van der Waals surface area (Å²) in [5, 5.41) is 10.8. The largest absolute Gasteiger partial charge is 0.334 e. The van der Waals surface area contributed by atoms with Crippen LogP contribution in [0.3, 0.4) is 0 Å². The molecule has 0 bridgehead atoms. The molecule has 1 saturated carbocycles. The van der Waals surface area contributed by atoms with E-state index in [1.54, 1.807) is 0 Å². The first-order chi connectivity index (χ1) is 9.83. The van der Waals surface area contributed by atoms with Gasteiger partial charge in [0.2, 0.25) is 0 Å². The Hall–Kier alpha value is -1.36. The highest BCUT2D eigenvalue weighted by molar-refractivity contribution is 5.94. The van der Waals surface area contributed by atoms with Crippen LogP contribution in [0.1, 0.15) is 47.4 Å². The van der Waals surface area contributed by atoms with Gasteiger partial charge in [0, 0.05) is 23.8 Å². The number of nitrogens with one attached hydrogen (secondary N) is 2. The lowest BCUT2D eigenvalue weighted by Crippen LogP contribution is -2.38. The molecular formula is C15H22N4O. The predicted molar refractivity (Wildman–Crippen MR) is 75.6 cm³/mol. The van der Waals surface area contributed by atoms with Gasteiger partial charge in [-0.3, -0.25) is 9.89 Å². The molecule has 0 unspecified atom stereocenters. The summed E-state index contributed by atoms with van der Waals surface area (Å²) in [6, 6.07) is 0.469. The van der Waals surface area contributed by atoms with Crippen LogP contribution >= 0.6 is 0 Å². The molecule has 2 N–H and O–H groups in total. The van der Waals surface area contributed by atoms with Gasteiger partial charge in [0.25, 0.3) is 5.91 Å². The second-order valence-electron chi connectivity index (χ2n) is 6.43. The Balaban J connectivity index is 1.54. The molecule has 2 aliphatic carbocycles. The Kier molecular flexibility index (Phi) is 3.02. The van der Waals surface area contributed by atoms with Crippen molar-refractivity contribution in [2.24, 2.45) is 5.92 Å². The van der Waals surface area contributed by atoms with Crippen molar-refractivity contribution < 1.29 is 4.79 Å². The van der Waals surface area contributed by atoms with E-state index in [2.05, 4.69) is 20.4 Å². The summed E-state index contributed by atoms with van der Waals surface area (Å²) in [7, 11) is 0. The molecular weight excluding hydrogens is 252 g/mol. The first kappa shape index (κ1) is 12.4. The van der Waals surface area contributed by atoms with Crippen molar-refractivity contribution in [1.82, 2.24) is 20.4 Å². The first-order valence-corrected chi connectivity index (χ1v) is 7.90.